The van der Waals surface area contributed by atoms with Gasteiger partial charge in [-0.1, -0.05) is 0 Å². The highest BCUT2D eigenvalue weighted by Gasteiger charge is 2.19. The van der Waals surface area contributed by atoms with Crippen LogP contribution in [0.5, 0.6) is 5.75 Å². The highest BCUT2D eigenvalue weighted by Crippen LogP contribution is 2.33. The molecule has 1 aromatic rings. The molecule has 0 bridgehead atoms. The number of halogens is 1. The third-order valence-corrected chi connectivity index (χ3v) is 3.21. The van der Waals surface area contributed by atoms with Gasteiger partial charge in [-0.3, -0.25) is 0 Å². The quantitative estimate of drug-likeness (QED) is 0.463. The second-order valence-corrected chi connectivity index (χ2v) is 4.81. The zero-order valence-corrected chi connectivity index (χ0v) is 13.2. The van der Waals surface area contributed by atoms with Gasteiger partial charge in [-0.2, -0.15) is 0 Å². The Kier molecular flexibility index (Phi) is 6.94. The van der Waals surface area contributed by atoms with Gasteiger partial charge in [0.1, 0.15) is 12.5 Å². The summed E-state index contributed by atoms with van der Waals surface area (Å²) in [5.41, 5.74) is 1.39. The predicted octanol–water partition coefficient (Wildman–Crippen LogP) is 2.34. The van der Waals surface area contributed by atoms with Crippen LogP contribution in [0, 0.1) is 6.92 Å². The lowest BCUT2D eigenvalue weighted by Gasteiger charge is -2.15. The van der Waals surface area contributed by atoms with Crippen molar-refractivity contribution in [1.29, 1.82) is 0 Å². The lowest BCUT2D eigenvalue weighted by molar-refractivity contribution is -0.0400. The molecule has 0 aromatic heterocycles. The molecule has 0 radical (unpaired) electrons. The van der Waals surface area contributed by atoms with Crippen LogP contribution in [-0.4, -0.2) is 38.9 Å². The van der Waals surface area contributed by atoms with E-state index in [2.05, 4.69) is 15.9 Å². The molecule has 1 rings (SSSR count). The zero-order valence-electron chi connectivity index (χ0n) is 11.6. The topological polar surface area (TPSA) is 74.2 Å². The van der Waals surface area contributed by atoms with Gasteiger partial charge in [0.05, 0.1) is 16.6 Å². The third kappa shape index (κ3) is 4.17. The molecular formula is C13H17BrO6. The fourth-order valence-electron chi connectivity index (χ4n) is 1.59. The minimum Gasteiger partial charge on any atom is -0.506 e. The molecule has 0 aliphatic heterocycles. The summed E-state index contributed by atoms with van der Waals surface area (Å²) in [5, 5.41) is 9.92. The Hall–Kier alpha value is -1.15. The van der Waals surface area contributed by atoms with Gasteiger partial charge in [0, 0.05) is 14.2 Å². The molecule has 20 heavy (non-hydrogen) atoms. The molecule has 0 unspecified atom stereocenters. The molecule has 0 amide bonds. The highest BCUT2D eigenvalue weighted by molar-refractivity contribution is 9.10. The predicted molar refractivity (Wildman–Crippen MR) is 74.5 cm³/mol. The molecule has 1 N–H and O–H groups in total. The van der Waals surface area contributed by atoms with Crippen molar-refractivity contribution in [3.8, 4) is 5.75 Å². The van der Waals surface area contributed by atoms with Gasteiger partial charge in [-0.25, -0.2) is 4.79 Å². The first-order valence-corrected chi connectivity index (χ1v) is 6.55. The van der Waals surface area contributed by atoms with Gasteiger partial charge in [-0.05, 0) is 40.0 Å². The number of carbonyl (C=O) groups excluding carboxylic acids is 1. The molecule has 0 atom stereocenters. The maximum absolute atomic E-state index is 12.0. The van der Waals surface area contributed by atoms with Crippen LogP contribution in [0.15, 0.2) is 10.5 Å². The Morgan fingerprint density at radius 3 is 2.55 bits per heavy atom. The Morgan fingerprint density at radius 1 is 1.30 bits per heavy atom. The normalized spacial score (nSPS) is 10.6. The van der Waals surface area contributed by atoms with E-state index in [4.69, 9.17) is 18.9 Å². The van der Waals surface area contributed by atoms with Gasteiger partial charge in [0.2, 0.25) is 0 Å². The smallest absolute Gasteiger partial charge is 0.340 e. The summed E-state index contributed by atoms with van der Waals surface area (Å²) in [6.07, 6.45) is 0. The van der Waals surface area contributed by atoms with E-state index in [1.165, 1.54) is 20.3 Å². The molecule has 6 nitrogen and oxygen atoms in total. The Balaban J connectivity index is 3.09. The average Bonchev–Trinajstić information content (AvgIpc) is 2.44. The van der Waals surface area contributed by atoms with E-state index >= 15 is 0 Å². The lowest BCUT2D eigenvalue weighted by Crippen LogP contribution is -2.13. The van der Waals surface area contributed by atoms with Crippen molar-refractivity contribution in [2.24, 2.45) is 0 Å². The van der Waals surface area contributed by atoms with Crippen LogP contribution in [-0.2, 0) is 25.6 Å². The van der Waals surface area contributed by atoms with E-state index in [0.29, 0.717) is 21.2 Å². The number of carbonyl (C=O) groups is 1. The fraction of sp³-hybridized carbons (Fsp3) is 0.462. The molecule has 0 saturated carbocycles. The number of aromatic hydroxyl groups is 1. The van der Waals surface area contributed by atoms with Crippen LogP contribution in [0.1, 0.15) is 21.5 Å². The first-order valence-electron chi connectivity index (χ1n) is 5.76. The minimum atomic E-state index is -0.549. The number of hydrogen-bond donors (Lipinski definition) is 1. The van der Waals surface area contributed by atoms with Crippen LogP contribution < -0.4 is 0 Å². The van der Waals surface area contributed by atoms with E-state index in [0.717, 1.165) is 0 Å². The number of benzene rings is 1. The Labute approximate surface area is 125 Å². The SMILES string of the molecule is COCOCc1c(C(=O)OCOC)cc(Br)c(O)c1C. The Bertz CT molecular complexity index is 474. The third-order valence-electron chi connectivity index (χ3n) is 2.61. The number of ether oxygens (including phenoxy) is 4. The molecule has 0 heterocycles. The van der Waals surface area contributed by atoms with Crippen LogP contribution >= 0.6 is 15.9 Å². The summed E-state index contributed by atoms with van der Waals surface area (Å²) in [7, 11) is 2.92. The molecule has 0 aliphatic carbocycles. The van der Waals surface area contributed by atoms with Gasteiger partial charge in [-0.15, -0.1) is 0 Å². The molecule has 1 aromatic carbocycles. The van der Waals surface area contributed by atoms with Crippen molar-refractivity contribution >= 4 is 21.9 Å². The van der Waals surface area contributed by atoms with Crippen LogP contribution in [0.2, 0.25) is 0 Å². The Morgan fingerprint density at radius 2 is 1.95 bits per heavy atom. The van der Waals surface area contributed by atoms with Crippen molar-refractivity contribution < 1.29 is 28.8 Å². The van der Waals surface area contributed by atoms with E-state index in [1.807, 2.05) is 0 Å². The van der Waals surface area contributed by atoms with Crippen LogP contribution in [0.3, 0.4) is 0 Å². The summed E-state index contributed by atoms with van der Waals surface area (Å²) >= 11 is 3.19. The maximum Gasteiger partial charge on any atom is 0.340 e. The van der Waals surface area contributed by atoms with Crippen molar-refractivity contribution in [3.63, 3.8) is 0 Å². The highest BCUT2D eigenvalue weighted by atomic mass is 79.9. The van der Waals surface area contributed by atoms with Gasteiger partial charge < -0.3 is 24.1 Å². The fourth-order valence-corrected chi connectivity index (χ4v) is 2.12. The summed E-state index contributed by atoms with van der Waals surface area (Å²) in [6.45, 7) is 1.76. The largest absolute Gasteiger partial charge is 0.506 e. The minimum absolute atomic E-state index is 0.0595. The molecule has 0 aliphatic rings. The van der Waals surface area contributed by atoms with Crippen LogP contribution in [0.25, 0.3) is 0 Å². The second kappa shape index (κ2) is 8.21. The lowest BCUT2D eigenvalue weighted by atomic mass is 10.0. The van der Waals surface area contributed by atoms with Gasteiger partial charge in [0.15, 0.2) is 6.79 Å². The van der Waals surface area contributed by atoms with Crippen LogP contribution in [0.4, 0.5) is 0 Å². The van der Waals surface area contributed by atoms with Crippen molar-refractivity contribution in [2.75, 3.05) is 27.8 Å². The number of rotatable bonds is 7. The van der Waals surface area contributed by atoms with Crippen molar-refractivity contribution in [3.05, 3.63) is 27.2 Å². The summed E-state index contributed by atoms with van der Waals surface area (Å²) in [4.78, 5) is 12.0. The summed E-state index contributed by atoms with van der Waals surface area (Å²) < 4.78 is 20.1. The van der Waals surface area contributed by atoms with E-state index < -0.39 is 5.97 Å². The number of phenols is 1. The van der Waals surface area contributed by atoms with Gasteiger partial charge >= 0.3 is 5.97 Å². The van der Waals surface area contributed by atoms with E-state index in [9.17, 15) is 9.90 Å². The number of esters is 1. The molecule has 0 fully saturated rings. The standard InChI is InChI=1S/C13H17BrO6/c1-8-10(5-19-6-17-2)9(4-11(14)12(8)15)13(16)20-7-18-3/h4,15H,5-7H2,1-3H3. The first-order chi connectivity index (χ1) is 9.52. The molecule has 7 heteroatoms. The van der Waals surface area contributed by atoms with Crippen molar-refractivity contribution in [1.82, 2.24) is 0 Å². The average molecular weight is 349 g/mol. The first kappa shape index (κ1) is 16.9. The number of hydrogen-bond acceptors (Lipinski definition) is 6. The number of phenolic OH excluding ortho intramolecular Hbond substituents is 1. The molecular weight excluding hydrogens is 332 g/mol. The maximum atomic E-state index is 12.0. The monoisotopic (exact) mass is 348 g/mol. The van der Waals surface area contributed by atoms with E-state index in [-0.39, 0.29) is 25.9 Å². The summed E-state index contributed by atoms with van der Waals surface area (Å²) in [5.74, 6) is -0.490. The van der Waals surface area contributed by atoms with Gasteiger partial charge in [0.25, 0.3) is 0 Å². The second-order valence-electron chi connectivity index (χ2n) is 3.95. The zero-order chi connectivity index (χ0) is 15.1. The molecule has 0 saturated heterocycles. The number of methoxy groups -OCH3 is 2. The summed E-state index contributed by atoms with van der Waals surface area (Å²) in [6, 6.07) is 1.49. The van der Waals surface area contributed by atoms with E-state index in [1.54, 1.807) is 6.92 Å². The van der Waals surface area contributed by atoms with Crippen molar-refractivity contribution in [2.45, 2.75) is 13.5 Å². The molecule has 0 spiro atoms. The molecule has 112 valence electrons.